The summed E-state index contributed by atoms with van der Waals surface area (Å²) in [5.41, 5.74) is 1.61. The van der Waals surface area contributed by atoms with Crippen LogP contribution in [-0.4, -0.2) is 53.4 Å². The van der Waals surface area contributed by atoms with Gasteiger partial charge < -0.3 is 15.4 Å². The standard InChI is InChI=1S/C20H21N5O3/c1-28-13-12-21-17(26)14-22-20(27)18-23-19(15-8-4-2-5-9-15)25(24-18)16-10-6-3-7-11-16/h2-11H,12-14H2,1H3,(H,21,26)(H,22,27). The predicted molar refractivity (Wildman–Crippen MR) is 104 cm³/mol. The molecule has 8 nitrogen and oxygen atoms in total. The van der Waals surface area contributed by atoms with Crippen LogP contribution < -0.4 is 10.6 Å². The van der Waals surface area contributed by atoms with Crippen molar-refractivity contribution in [2.75, 3.05) is 26.8 Å². The maximum absolute atomic E-state index is 12.5. The fourth-order valence-electron chi connectivity index (χ4n) is 2.53. The van der Waals surface area contributed by atoms with Crippen molar-refractivity contribution in [3.63, 3.8) is 0 Å². The molecule has 2 aromatic carbocycles. The van der Waals surface area contributed by atoms with Gasteiger partial charge in [-0.15, -0.1) is 5.10 Å². The van der Waals surface area contributed by atoms with Crippen molar-refractivity contribution in [3.05, 3.63) is 66.5 Å². The molecule has 3 rings (SSSR count). The highest BCUT2D eigenvalue weighted by molar-refractivity contribution is 5.93. The maximum Gasteiger partial charge on any atom is 0.291 e. The minimum atomic E-state index is -0.520. The Morgan fingerprint density at radius 2 is 1.68 bits per heavy atom. The fourth-order valence-corrected chi connectivity index (χ4v) is 2.53. The molecular formula is C20H21N5O3. The van der Waals surface area contributed by atoms with E-state index in [9.17, 15) is 9.59 Å². The van der Waals surface area contributed by atoms with Crippen LogP contribution in [-0.2, 0) is 9.53 Å². The molecule has 0 atom stereocenters. The van der Waals surface area contributed by atoms with Gasteiger partial charge in [0.15, 0.2) is 5.82 Å². The van der Waals surface area contributed by atoms with Crippen molar-refractivity contribution in [1.82, 2.24) is 25.4 Å². The number of nitrogens with one attached hydrogen (secondary N) is 2. The van der Waals surface area contributed by atoms with Crippen LogP contribution in [0.25, 0.3) is 17.1 Å². The van der Waals surface area contributed by atoms with Crippen LogP contribution in [0.5, 0.6) is 0 Å². The summed E-state index contributed by atoms with van der Waals surface area (Å²) in [6.07, 6.45) is 0. The van der Waals surface area contributed by atoms with E-state index in [1.807, 2.05) is 60.7 Å². The van der Waals surface area contributed by atoms with Crippen molar-refractivity contribution in [3.8, 4) is 17.1 Å². The zero-order chi connectivity index (χ0) is 19.8. The number of rotatable bonds is 8. The number of methoxy groups -OCH3 is 1. The normalized spacial score (nSPS) is 10.5. The van der Waals surface area contributed by atoms with Crippen molar-refractivity contribution in [2.24, 2.45) is 0 Å². The first-order valence-electron chi connectivity index (χ1n) is 8.81. The average Bonchev–Trinajstić information content (AvgIpc) is 3.19. The van der Waals surface area contributed by atoms with E-state index in [-0.39, 0.29) is 18.3 Å². The Morgan fingerprint density at radius 1 is 1.00 bits per heavy atom. The fraction of sp³-hybridized carbons (Fsp3) is 0.200. The predicted octanol–water partition coefficient (Wildman–Crippen LogP) is 1.43. The second kappa shape index (κ2) is 9.43. The van der Waals surface area contributed by atoms with Gasteiger partial charge in [-0.05, 0) is 12.1 Å². The molecule has 28 heavy (non-hydrogen) atoms. The van der Waals surface area contributed by atoms with Gasteiger partial charge in [-0.3, -0.25) is 9.59 Å². The maximum atomic E-state index is 12.5. The van der Waals surface area contributed by atoms with E-state index >= 15 is 0 Å². The molecule has 0 saturated heterocycles. The number of ether oxygens (including phenoxy) is 1. The zero-order valence-electron chi connectivity index (χ0n) is 15.5. The lowest BCUT2D eigenvalue weighted by atomic mass is 10.2. The Morgan fingerprint density at radius 3 is 2.36 bits per heavy atom. The van der Waals surface area contributed by atoms with Gasteiger partial charge in [0.2, 0.25) is 11.7 Å². The quantitative estimate of drug-likeness (QED) is 0.577. The van der Waals surface area contributed by atoms with E-state index in [2.05, 4.69) is 20.7 Å². The van der Waals surface area contributed by atoms with Crippen LogP contribution in [0.4, 0.5) is 0 Å². The Bertz CT molecular complexity index is 869. The van der Waals surface area contributed by atoms with Gasteiger partial charge in [-0.1, -0.05) is 48.5 Å². The molecule has 2 N–H and O–H groups in total. The van der Waals surface area contributed by atoms with Crippen molar-refractivity contribution >= 4 is 11.8 Å². The smallest absolute Gasteiger partial charge is 0.291 e. The van der Waals surface area contributed by atoms with Crippen LogP contribution in [0.2, 0.25) is 0 Å². The van der Waals surface area contributed by atoms with Crippen LogP contribution in [0.3, 0.4) is 0 Å². The molecule has 0 saturated carbocycles. The molecule has 0 aliphatic heterocycles. The highest BCUT2D eigenvalue weighted by Crippen LogP contribution is 2.20. The first-order chi connectivity index (χ1) is 13.7. The summed E-state index contributed by atoms with van der Waals surface area (Å²) in [5, 5.41) is 9.52. The number of benzene rings is 2. The summed E-state index contributed by atoms with van der Waals surface area (Å²) < 4.78 is 6.48. The Labute approximate surface area is 162 Å². The molecule has 0 aliphatic rings. The molecule has 0 spiro atoms. The summed E-state index contributed by atoms with van der Waals surface area (Å²) in [7, 11) is 1.55. The molecular weight excluding hydrogens is 358 g/mol. The van der Waals surface area contributed by atoms with E-state index < -0.39 is 5.91 Å². The molecule has 1 aromatic heterocycles. The van der Waals surface area contributed by atoms with Crippen molar-refractivity contribution in [1.29, 1.82) is 0 Å². The van der Waals surface area contributed by atoms with Gasteiger partial charge in [-0.2, -0.15) is 0 Å². The second-order valence-electron chi connectivity index (χ2n) is 5.90. The number of carbonyl (C=O) groups excluding carboxylic acids is 2. The Balaban J connectivity index is 1.79. The number of para-hydroxylation sites is 1. The lowest BCUT2D eigenvalue weighted by molar-refractivity contribution is -0.120. The molecule has 0 unspecified atom stereocenters. The number of carbonyl (C=O) groups is 2. The van der Waals surface area contributed by atoms with Crippen molar-refractivity contribution in [2.45, 2.75) is 0 Å². The molecule has 2 amide bonds. The van der Waals surface area contributed by atoms with Crippen LogP contribution in [0.1, 0.15) is 10.6 Å². The van der Waals surface area contributed by atoms with Gasteiger partial charge in [0.25, 0.3) is 5.91 Å². The van der Waals surface area contributed by atoms with Gasteiger partial charge in [0, 0.05) is 19.2 Å². The van der Waals surface area contributed by atoms with E-state index in [1.54, 1.807) is 11.8 Å². The van der Waals surface area contributed by atoms with Gasteiger partial charge in [0.1, 0.15) is 0 Å². The molecule has 0 aliphatic carbocycles. The second-order valence-corrected chi connectivity index (χ2v) is 5.90. The van der Waals surface area contributed by atoms with Gasteiger partial charge >= 0.3 is 0 Å². The van der Waals surface area contributed by atoms with E-state index in [4.69, 9.17) is 4.74 Å². The largest absolute Gasteiger partial charge is 0.383 e. The third-order valence-corrected chi connectivity index (χ3v) is 3.88. The Kier molecular flexibility index (Phi) is 6.48. The highest BCUT2D eigenvalue weighted by atomic mass is 16.5. The first kappa shape index (κ1) is 19.2. The first-order valence-corrected chi connectivity index (χ1v) is 8.81. The highest BCUT2D eigenvalue weighted by Gasteiger charge is 2.19. The molecule has 0 bridgehead atoms. The number of hydrogen-bond acceptors (Lipinski definition) is 5. The summed E-state index contributed by atoms with van der Waals surface area (Å²) in [4.78, 5) is 28.6. The van der Waals surface area contributed by atoms with E-state index in [0.29, 0.717) is 19.0 Å². The van der Waals surface area contributed by atoms with Crippen LogP contribution >= 0.6 is 0 Å². The average molecular weight is 379 g/mol. The number of amides is 2. The SMILES string of the molecule is COCCNC(=O)CNC(=O)c1nc(-c2ccccc2)n(-c2ccccc2)n1. The van der Waals surface area contributed by atoms with E-state index in [0.717, 1.165) is 11.3 Å². The van der Waals surface area contributed by atoms with E-state index in [1.165, 1.54) is 0 Å². The zero-order valence-corrected chi connectivity index (χ0v) is 15.5. The van der Waals surface area contributed by atoms with Crippen LogP contribution in [0.15, 0.2) is 60.7 Å². The third kappa shape index (κ3) is 4.80. The summed E-state index contributed by atoms with van der Waals surface area (Å²) >= 11 is 0. The monoisotopic (exact) mass is 379 g/mol. The summed E-state index contributed by atoms with van der Waals surface area (Å²) in [6, 6.07) is 18.9. The molecule has 1 heterocycles. The molecule has 144 valence electrons. The van der Waals surface area contributed by atoms with Crippen LogP contribution in [0, 0.1) is 0 Å². The van der Waals surface area contributed by atoms with Crippen molar-refractivity contribution < 1.29 is 14.3 Å². The van der Waals surface area contributed by atoms with Gasteiger partial charge in [0.05, 0.1) is 18.8 Å². The Hall–Kier alpha value is -3.52. The lowest BCUT2D eigenvalue weighted by Gasteiger charge is -2.05. The topological polar surface area (TPSA) is 98.1 Å². The molecule has 0 fully saturated rings. The number of aromatic nitrogens is 3. The number of hydrogen-bond donors (Lipinski definition) is 2. The summed E-state index contributed by atoms with van der Waals surface area (Å²) in [5.74, 6) is -0.293. The third-order valence-electron chi connectivity index (χ3n) is 3.88. The minimum absolute atomic E-state index is 0.00704. The minimum Gasteiger partial charge on any atom is -0.383 e. The molecule has 3 aromatic rings. The lowest BCUT2D eigenvalue weighted by Crippen LogP contribution is -2.38. The molecule has 0 radical (unpaired) electrons. The van der Waals surface area contributed by atoms with Gasteiger partial charge in [-0.25, -0.2) is 9.67 Å². The molecule has 8 heteroatoms. The number of nitrogens with zero attached hydrogens (tertiary/aromatic N) is 3. The summed E-state index contributed by atoms with van der Waals surface area (Å²) in [6.45, 7) is 0.622.